The minimum atomic E-state index is 0.411. The van der Waals surface area contributed by atoms with Crippen LogP contribution in [0, 0.1) is 13.8 Å². The molecule has 0 aliphatic heterocycles. The number of nitrogens with zero attached hydrogens (tertiary/aromatic N) is 1. The Kier molecular flexibility index (Phi) is 3.29. The standard InChI is InChI=1S/C14H19N3O2/c1-9-5-12(8-18-14-6-10(2)16-17-14)19-13(9)7-15-11-3-4-11/h5-6,11,15H,3-4,7-8H2,1-2H3,(H,16,17). The molecule has 0 atom stereocenters. The van der Waals surface area contributed by atoms with Gasteiger partial charge in [-0.05, 0) is 38.3 Å². The lowest BCUT2D eigenvalue weighted by Crippen LogP contribution is -2.15. The van der Waals surface area contributed by atoms with Gasteiger partial charge in [-0.15, -0.1) is 5.10 Å². The lowest BCUT2D eigenvalue weighted by molar-refractivity contribution is 0.255. The van der Waals surface area contributed by atoms with Gasteiger partial charge in [0.1, 0.15) is 18.1 Å². The van der Waals surface area contributed by atoms with Crippen molar-refractivity contribution in [3.05, 3.63) is 34.9 Å². The average Bonchev–Trinajstić information content (AvgIpc) is 3.02. The van der Waals surface area contributed by atoms with Gasteiger partial charge in [-0.2, -0.15) is 0 Å². The first-order chi connectivity index (χ1) is 9.20. The number of rotatable bonds is 6. The Bertz CT molecular complexity index is 555. The molecule has 2 heterocycles. The zero-order valence-electron chi connectivity index (χ0n) is 11.3. The second-order valence-corrected chi connectivity index (χ2v) is 5.15. The van der Waals surface area contributed by atoms with Crippen molar-refractivity contribution in [2.24, 2.45) is 0 Å². The van der Waals surface area contributed by atoms with Gasteiger partial charge in [-0.1, -0.05) is 0 Å². The van der Waals surface area contributed by atoms with Crippen molar-refractivity contribution >= 4 is 0 Å². The lowest BCUT2D eigenvalue weighted by Gasteiger charge is -2.01. The highest BCUT2D eigenvalue weighted by atomic mass is 16.5. The van der Waals surface area contributed by atoms with E-state index < -0.39 is 0 Å². The number of hydrogen-bond donors (Lipinski definition) is 2. The molecule has 0 bridgehead atoms. The van der Waals surface area contributed by atoms with E-state index in [0.717, 1.165) is 23.8 Å². The first-order valence-electron chi connectivity index (χ1n) is 6.67. The second kappa shape index (κ2) is 5.09. The Morgan fingerprint density at radius 2 is 2.26 bits per heavy atom. The summed E-state index contributed by atoms with van der Waals surface area (Å²) in [5.74, 6) is 2.44. The minimum absolute atomic E-state index is 0.411. The monoisotopic (exact) mass is 261 g/mol. The molecule has 1 fully saturated rings. The van der Waals surface area contributed by atoms with E-state index in [2.05, 4.69) is 22.4 Å². The van der Waals surface area contributed by atoms with Crippen molar-refractivity contribution in [1.29, 1.82) is 0 Å². The summed E-state index contributed by atoms with van der Waals surface area (Å²) in [6.07, 6.45) is 2.57. The third-order valence-corrected chi connectivity index (χ3v) is 3.24. The molecule has 5 heteroatoms. The van der Waals surface area contributed by atoms with Gasteiger partial charge in [0.25, 0.3) is 0 Å². The Labute approximate surface area is 112 Å². The highest BCUT2D eigenvalue weighted by molar-refractivity contribution is 5.20. The maximum atomic E-state index is 5.80. The highest BCUT2D eigenvalue weighted by Crippen LogP contribution is 2.21. The van der Waals surface area contributed by atoms with Crippen LogP contribution in [-0.4, -0.2) is 16.2 Å². The summed E-state index contributed by atoms with van der Waals surface area (Å²) in [5, 5.41) is 10.3. The number of H-pyrrole nitrogens is 1. The van der Waals surface area contributed by atoms with Gasteiger partial charge in [0.15, 0.2) is 0 Å². The van der Waals surface area contributed by atoms with Crippen molar-refractivity contribution in [3.8, 4) is 5.88 Å². The third kappa shape index (κ3) is 3.17. The molecular weight excluding hydrogens is 242 g/mol. The van der Waals surface area contributed by atoms with Crippen LogP contribution in [0.3, 0.4) is 0 Å². The molecule has 0 unspecified atom stereocenters. The van der Waals surface area contributed by atoms with E-state index in [1.807, 2.05) is 19.1 Å². The van der Waals surface area contributed by atoms with Crippen LogP contribution in [0.1, 0.15) is 35.6 Å². The summed E-state index contributed by atoms with van der Waals surface area (Å²) in [6.45, 7) is 5.22. The maximum Gasteiger partial charge on any atom is 0.233 e. The van der Waals surface area contributed by atoms with Crippen molar-refractivity contribution < 1.29 is 9.15 Å². The summed E-state index contributed by atoms with van der Waals surface area (Å²) < 4.78 is 11.4. The number of ether oxygens (including phenoxy) is 1. The summed E-state index contributed by atoms with van der Waals surface area (Å²) in [7, 11) is 0. The molecule has 102 valence electrons. The molecule has 0 spiro atoms. The molecular formula is C14H19N3O2. The Morgan fingerprint density at radius 3 is 2.95 bits per heavy atom. The molecule has 2 aromatic rings. The van der Waals surface area contributed by atoms with E-state index in [1.54, 1.807) is 0 Å². The van der Waals surface area contributed by atoms with Gasteiger partial charge in [-0.25, -0.2) is 0 Å². The van der Waals surface area contributed by atoms with Crippen molar-refractivity contribution in [1.82, 2.24) is 15.5 Å². The summed E-state index contributed by atoms with van der Waals surface area (Å²) in [5.41, 5.74) is 2.16. The van der Waals surface area contributed by atoms with Crippen LogP contribution in [0.4, 0.5) is 0 Å². The fourth-order valence-corrected chi connectivity index (χ4v) is 1.97. The minimum Gasteiger partial charge on any atom is -0.468 e. The summed E-state index contributed by atoms with van der Waals surface area (Å²) >= 11 is 0. The number of aryl methyl sites for hydroxylation is 2. The largest absolute Gasteiger partial charge is 0.468 e. The van der Waals surface area contributed by atoms with Crippen LogP contribution >= 0.6 is 0 Å². The van der Waals surface area contributed by atoms with Crippen LogP contribution in [0.15, 0.2) is 16.5 Å². The van der Waals surface area contributed by atoms with E-state index in [9.17, 15) is 0 Å². The summed E-state index contributed by atoms with van der Waals surface area (Å²) in [6, 6.07) is 4.59. The molecule has 2 aromatic heterocycles. The number of aromatic amines is 1. The molecule has 0 aromatic carbocycles. The Balaban J connectivity index is 1.56. The van der Waals surface area contributed by atoms with Crippen LogP contribution < -0.4 is 10.1 Å². The third-order valence-electron chi connectivity index (χ3n) is 3.24. The first-order valence-corrected chi connectivity index (χ1v) is 6.67. The van der Waals surface area contributed by atoms with Gasteiger partial charge in [-0.3, -0.25) is 5.10 Å². The van der Waals surface area contributed by atoms with Gasteiger partial charge < -0.3 is 14.5 Å². The molecule has 0 radical (unpaired) electrons. The van der Waals surface area contributed by atoms with Gasteiger partial charge in [0, 0.05) is 17.8 Å². The van der Waals surface area contributed by atoms with Crippen LogP contribution in [0.25, 0.3) is 0 Å². The SMILES string of the molecule is Cc1cc(OCc2cc(C)c(CNC3CC3)o2)n[nH]1. The maximum absolute atomic E-state index is 5.80. The Morgan fingerprint density at radius 1 is 1.42 bits per heavy atom. The topological polar surface area (TPSA) is 63.1 Å². The van der Waals surface area contributed by atoms with Crippen LogP contribution in [-0.2, 0) is 13.2 Å². The number of hydrogen-bond acceptors (Lipinski definition) is 4. The molecule has 1 aliphatic carbocycles. The molecule has 0 saturated heterocycles. The predicted molar refractivity (Wildman–Crippen MR) is 71.0 cm³/mol. The molecule has 5 nitrogen and oxygen atoms in total. The smallest absolute Gasteiger partial charge is 0.233 e. The van der Waals surface area contributed by atoms with Gasteiger partial charge in [0.05, 0.1) is 6.54 Å². The molecule has 1 aliphatic rings. The average molecular weight is 261 g/mol. The van der Waals surface area contributed by atoms with Crippen LogP contribution in [0.2, 0.25) is 0 Å². The zero-order chi connectivity index (χ0) is 13.2. The van der Waals surface area contributed by atoms with Crippen molar-refractivity contribution in [3.63, 3.8) is 0 Å². The fraction of sp³-hybridized carbons (Fsp3) is 0.500. The predicted octanol–water partition coefficient (Wildman–Crippen LogP) is 2.45. The molecule has 3 rings (SSSR count). The Hall–Kier alpha value is -1.75. The van der Waals surface area contributed by atoms with E-state index >= 15 is 0 Å². The zero-order valence-corrected chi connectivity index (χ0v) is 11.3. The van der Waals surface area contributed by atoms with E-state index in [4.69, 9.17) is 9.15 Å². The molecule has 0 amide bonds. The summed E-state index contributed by atoms with van der Waals surface area (Å²) in [4.78, 5) is 0. The number of nitrogens with one attached hydrogen (secondary N) is 2. The highest BCUT2D eigenvalue weighted by Gasteiger charge is 2.21. The molecule has 1 saturated carbocycles. The fourth-order valence-electron chi connectivity index (χ4n) is 1.97. The number of aromatic nitrogens is 2. The van der Waals surface area contributed by atoms with E-state index in [0.29, 0.717) is 18.5 Å². The lowest BCUT2D eigenvalue weighted by atomic mass is 10.2. The van der Waals surface area contributed by atoms with Crippen LogP contribution in [0.5, 0.6) is 5.88 Å². The van der Waals surface area contributed by atoms with E-state index in [1.165, 1.54) is 18.4 Å². The molecule has 19 heavy (non-hydrogen) atoms. The van der Waals surface area contributed by atoms with Crippen molar-refractivity contribution in [2.45, 2.75) is 45.9 Å². The molecule has 2 N–H and O–H groups in total. The van der Waals surface area contributed by atoms with E-state index in [-0.39, 0.29) is 0 Å². The second-order valence-electron chi connectivity index (χ2n) is 5.15. The van der Waals surface area contributed by atoms with Crippen molar-refractivity contribution in [2.75, 3.05) is 0 Å². The normalized spacial score (nSPS) is 14.8. The van der Waals surface area contributed by atoms with Gasteiger partial charge in [0.2, 0.25) is 5.88 Å². The van der Waals surface area contributed by atoms with Gasteiger partial charge >= 0.3 is 0 Å². The number of furan rings is 1. The quantitative estimate of drug-likeness (QED) is 0.838. The first kappa shape index (κ1) is 12.3.